The third kappa shape index (κ3) is 4.52. The topological polar surface area (TPSA) is 0 Å². The Morgan fingerprint density at radius 1 is 1.17 bits per heavy atom. The maximum absolute atomic E-state index is 10.5. The van der Waals surface area contributed by atoms with E-state index in [4.69, 9.17) is 0 Å². The minimum atomic E-state index is -4.46. The fourth-order valence-electron chi connectivity index (χ4n) is 0. The summed E-state index contributed by atoms with van der Waals surface area (Å²) in [5.41, 5.74) is 0. The molecule has 0 aliphatic carbocycles. The van der Waals surface area contributed by atoms with Gasteiger partial charge in [0.15, 0.2) is 0 Å². The summed E-state index contributed by atoms with van der Waals surface area (Å²) in [7, 11) is 0. The SMILES string of the molecule is [F][Sn][C](F)(F)F. The first-order valence-electron chi connectivity index (χ1n) is 1.01. The zero-order chi connectivity index (χ0) is 5.21. The Bertz CT molecular complexity index is 37.3. The van der Waals surface area contributed by atoms with E-state index in [-0.39, 0.29) is 0 Å². The number of hydrogen-bond donors (Lipinski definition) is 0. The van der Waals surface area contributed by atoms with Crippen molar-refractivity contribution in [1.82, 2.24) is 0 Å². The summed E-state index contributed by atoms with van der Waals surface area (Å²) in [6.45, 7) is 0. The van der Waals surface area contributed by atoms with Crippen LogP contribution in [0.15, 0.2) is 0 Å². The van der Waals surface area contributed by atoms with Gasteiger partial charge in [-0.1, -0.05) is 0 Å². The van der Waals surface area contributed by atoms with Crippen molar-refractivity contribution in [1.29, 1.82) is 0 Å². The van der Waals surface area contributed by atoms with Gasteiger partial charge in [-0.25, -0.2) is 0 Å². The summed E-state index contributed by atoms with van der Waals surface area (Å²) in [5.74, 6) is 0. The Balaban J connectivity index is 3.17. The van der Waals surface area contributed by atoms with Crippen LogP contribution in [0.5, 0.6) is 0 Å². The second-order valence-electron chi connectivity index (χ2n) is 0.592. The van der Waals surface area contributed by atoms with Gasteiger partial charge in [0.2, 0.25) is 0 Å². The molecule has 0 saturated heterocycles. The van der Waals surface area contributed by atoms with E-state index in [1.807, 2.05) is 0 Å². The van der Waals surface area contributed by atoms with Crippen molar-refractivity contribution in [2.45, 2.75) is 4.19 Å². The van der Waals surface area contributed by atoms with Crippen molar-refractivity contribution in [3.63, 3.8) is 0 Å². The molecule has 0 heterocycles. The van der Waals surface area contributed by atoms with Gasteiger partial charge >= 0.3 is 41.9 Å². The van der Waals surface area contributed by atoms with Crippen LogP contribution in [-0.4, -0.2) is 25.9 Å². The van der Waals surface area contributed by atoms with E-state index in [0.29, 0.717) is 0 Å². The number of hydrogen-bond acceptors (Lipinski definition) is 0. The number of halogens is 4. The molecule has 0 unspecified atom stereocenters. The molecule has 0 aromatic carbocycles. The standard InChI is InChI=1S/CF3.FH.Sn/c2-1(3)4;;/h;1H;/q;;+1/p-1. The molecule has 0 bridgehead atoms. The summed E-state index contributed by atoms with van der Waals surface area (Å²) in [5, 5.41) is 0. The fourth-order valence-corrected chi connectivity index (χ4v) is 0. The van der Waals surface area contributed by atoms with Gasteiger partial charge in [-0.3, -0.25) is 0 Å². The van der Waals surface area contributed by atoms with Crippen molar-refractivity contribution in [2.24, 2.45) is 0 Å². The minimum absolute atomic E-state index is 3.48. The molecule has 0 aromatic rings. The molecule has 0 aliphatic rings. The predicted molar refractivity (Wildman–Crippen MR) is 12.9 cm³/mol. The monoisotopic (exact) mass is 208 g/mol. The average molecular weight is 207 g/mol. The fraction of sp³-hybridized carbons (Fsp3) is 1.00. The molecule has 0 spiro atoms. The average Bonchev–Trinajstić information content (AvgIpc) is 1.35. The number of rotatable bonds is 0. The molecule has 36 valence electrons. The van der Waals surface area contributed by atoms with E-state index in [0.717, 1.165) is 0 Å². The molecule has 0 saturated carbocycles. The number of alkyl halides is 3. The Hall–Kier alpha value is 0.519. The molecule has 2 radical (unpaired) electrons. The van der Waals surface area contributed by atoms with E-state index in [1.54, 1.807) is 0 Å². The van der Waals surface area contributed by atoms with E-state index < -0.39 is 25.9 Å². The molecule has 0 amide bonds. The molecule has 0 nitrogen and oxygen atoms in total. The predicted octanol–water partition coefficient (Wildman–Crippen LogP) is 1.09. The molecule has 5 heteroatoms. The van der Waals surface area contributed by atoms with Gasteiger partial charge in [-0.2, -0.15) is 0 Å². The van der Waals surface area contributed by atoms with Gasteiger partial charge in [0, 0.05) is 0 Å². The molecule has 0 aliphatic heterocycles. The third-order valence-electron chi connectivity index (χ3n) is 0.107. The summed E-state index contributed by atoms with van der Waals surface area (Å²) in [4.78, 5) is 0. The molecule has 0 N–H and O–H groups in total. The molecule has 6 heavy (non-hydrogen) atoms. The first kappa shape index (κ1) is 6.52. The van der Waals surface area contributed by atoms with Crippen molar-refractivity contribution < 1.29 is 16.0 Å². The van der Waals surface area contributed by atoms with Gasteiger partial charge in [0.05, 0.1) is 0 Å². The van der Waals surface area contributed by atoms with E-state index in [2.05, 4.69) is 0 Å². The molecule has 0 fully saturated rings. The summed E-state index contributed by atoms with van der Waals surface area (Å²) < 4.78 is 37.5. The van der Waals surface area contributed by atoms with Crippen LogP contribution in [0.4, 0.5) is 16.0 Å². The van der Waals surface area contributed by atoms with Crippen LogP contribution in [0.1, 0.15) is 0 Å². The van der Waals surface area contributed by atoms with Crippen LogP contribution in [0, 0.1) is 0 Å². The summed E-state index contributed by atoms with van der Waals surface area (Å²) in [6, 6.07) is 0. The normalized spacial score (nSPS) is 12.0. The second kappa shape index (κ2) is 1.99. The molecular formula is CF4Sn. The molecule has 0 rings (SSSR count). The Morgan fingerprint density at radius 2 is 1.33 bits per heavy atom. The second-order valence-corrected chi connectivity index (χ2v) is 2.75. The van der Waals surface area contributed by atoms with E-state index in [9.17, 15) is 16.0 Å². The van der Waals surface area contributed by atoms with Crippen LogP contribution in [0.3, 0.4) is 0 Å². The summed E-state index contributed by atoms with van der Waals surface area (Å²) >= 11 is -3.48. The first-order chi connectivity index (χ1) is 2.56. The zero-order valence-electron chi connectivity index (χ0n) is 2.51. The van der Waals surface area contributed by atoms with Gasteiger partial charge in [-0.15, -0.1) is 0 Å². The van der Waals surface area contributed by atoms with E-state index >= 15 is 0 Å². The molecule has 0 aromatic heterocycles. The van der Waals surface area contributed by atoms with Gasteiger partial charge in [0.25, 0.3) is 0 Å². The van der Waals surface area contributed by atoms with Crippen LogP contribution in [-0.2, 0) is 0 Å². The maximum atomic E-state index is 10.5. The van der Waals surface area contributed by atoms with Gasteiger partial charge in [-0.05, 0) is 0 Å². The van der Waals surface area contributed by atoms with Crippen molar-refractivity contribution in [2.75, 3.05) is 0 Å². The van der Waals surface area contributed by atoms with Gasteiger partial charge in [0.1, 0.15) is 0 Å². The summed E-state index contributed by atoms with van der Waals surface area (Å²) in [6.07, 6.45) is 0. The van der Waals surface area contributed by atoms with Crippen molar-refractivity contribution >= 4 is 21.7 Å². The Labute approximate surface area is 42.5 Å². The van der Waals surface area contributed by atoms with Crippen LogP contribution in [0.2, 0.25) is 0 Å². The first-order valence-corrected chi connectivity index (χ1v) is 3.51. The Morgan fingerprint density at radius 3 is 1.33 bits per heavy atom. The van der Waals surface area contributed by atoms with Crippen molar-refractivity contribution in [3.8, 4) is 0 Å². The third-order valence-corrected chi connectivity index (χ3v) is 0.719. The van der Waals surface area contributed by atoms with Crippen LogP contribution >= 0.6 is 0 Å². The van der Waals surface area contributed by atoms with Crippen molar-refractivity contribution in [3.05, 3.63) is 0 Å². The quantitative estimate of drug-likeness (QED) is 0.411. The zero-order valence-corrected chi connectivity index (χ0v) is 5.37. The van der Waals surface area contributed by atoms with Crippen LogP contribution in [0.25, 0.3) is 0 Å². The van der Waals surface area contributed by atoms with Crippen LogP contribution < -0.4 is 0 Å². The Kier molecular flexibility index (Phi) is 2.17. The molecule has 0 atom stereocenters. The van der Waals surface area contributed by atoms with E-state index in [1.165, 1.54) is 0 Å². The molecular weight excluding hydrogens is 207 g/mol. The van der Waals surface area contributed by atoms with Gasteiger partial charge < -0.3 is 0 Å².